The molecule has 0 rings (SSSR count). The van der Waals surface area contributed by atoms with E-state index in [0.29, 0.717) is 13.0 Å². The SMILES string of the molecule is C/C=C/CNC(=O)CCC[N+](C)(C)C. The highest BCUT2D eigenvalue weighted by atomic mass is 16.1. The van der Waals surface area contributed by atoms with Gasteiger partial charge in [0.1, 0.15) is 0 Å². The van der Waals surface area contributed by atoms with Crippen LogP contribution in [0.3, 0.4) is 0 Å². The zero-order chi connectivity index (χ0) is 11.0. The molecule has 0 spiro atoms. The summed E-state index contributed by atoms with van der Waals surface area (Å²) in [4.78, 5) is 11.3. The molecule has 0 aliphatic rings. The van der Waals surface area contributed by atoms with Crippen LogP contribution >= 0.6 is 0 Å². The molecule has 0 unspecified atom stereocenters. The normalized spacial score (nSPS) is 12.0. The van der Waals surface area contributed by atoms with Crippen LogP contribution in [0, 0.1) is 0 Å². The van der Waals surface area contributed by atoms with E-state index in [1.54, 1.807) is 0 Å². The molecule has 0 aliphatic carbocycles. The third-order valence-corrected chi connectivity index (χ3v) is 1.89. The van der Waals surface area contributed by atoms with Gasteiger partial charge < -0.3 is 9.80 Å². The first-order valence-electron chi connectivity index (χ1n) is 5.14. The van der Waals surface area contributed by atoms with Gasteiger partial charge in [-0.25, -0.2) is 0 Å². The van der Waals surface area contributed by atoms with Crippen molar-refractivity contribution in [3.63, 3.8) is 0 Å². The average molecular weight is 199 g/mol. The van der Waals surface area contributed by atoms with Crippen LogP contribution in [0.15, 0.2) is 12.2 Å². The molecule has 0 saturated heterocycles. The van der Waals surface area contributed by atoms with Crippen LogP contribution in [0.25, 0.3) is 0 Å². The van der Waals surface area contributed by atoms with Crippen LogP contribution in [0.5, 0.6) is 0 Å². The molecular weight excluding hydrogens is 176 g/mol. The molecule has 0 aromatic carbocycles. The minimum Gasteiger partial charge on any atom is -0.353 e. The highest BCUT2D eigenvalue weighted by Gasteiger charge is 2.07. The van der Waals surface area contributed by atoms with Gasteiger partial charge in [-0.15, -0.1) is 0 Å². The number of hydrogen-bond donors (Lipinski definition) is 1. The summed E-state index contributed by atoms with van der Waals surface area (Å²) >= 11 is 0. The lowest BCUT2D eigenvalue weighted by Gasteiger charge is -2.23. The Balaban J connectivity index is 3.45. The van der Waals surface area contributed by atoms with Crippen molar-refractivity contribution in [3.05, 3.63) is 12.2 Å². The van der Waals surface area contributed by atoms with Crippen molar-refractivity contribution in [1.29, 1.82) is 0 Å². The van der Waals surface area contributed by atoms with Crippen LogP contribution in [0.2, 0.25) is 0 Å². The van der Waals surface area contributed by atoms with E-state index in [1.807, 2.05) is 19.1 Å². The molecule has 0 bridgehead atoms. The smallest absolute Gasteiger partial charge is 0.220 e. The fraction of sp³-hybridized carbons (Fsp3) is 0.727. The summed E-state index contributed by atoms with van der Waals surface area (Å²) in [6.45, 7) is 3.64. The van der Waals surface area contributed by atoms with Crippen molar-refractivity contribution in [2.24, 2.45) is 0 Å². The zero-order valence-electron chi connectivity index (χ0n) is 9.84. The van der Waals surface area contributed by atoms with Crippen LogP contribution in [-0.4, -0.2) is 44.6 Å². The molecule has 1 amide bonds. The Bertz CT molecular complexity index is 192. The molecule has 3 heteroatoms. The van der Waals surface area contributed by atoms with E-state index in [2.05, 4.69) is 26.5 Å². The first-order valence-corrected chi connectivity index (χ1v) is 5.14. The fourth-order valence-corrected chi connectivity index (χ4v) is 1.09. The lowest BCUT2D eigenvalue weighted by Crippen LogP contribution is -2.36. The largest absolute Gasteiger partial charge is 0.353 e. The molecule has 82 valence electrons. The molecular formula is C11H23N2O+. The Kier molecular flexibility index (Phi) is 6.21. The van der Waals surface area contributed by atoms with Crippen LogP contribution in [0.1, 0.15) is 19.8 Å². The van der Waals surface area contributed by atoms with Crippen LogP contribution < -0.4 is 5.32 Å². The summed E-state index contributed by atoms with van der Waals surface area (Å²) in [5.41, 5.74) is 0. The van der Waals surface area contributed by atoms with Crippen molar-refractivity contribution < 1.29 is 9.28 Å². The molecule has 0 fully saturated rings. The van der Waals surface area contributed by atoms with E-state index >= 15 is 0 Å². The molecule has 0 aromatic rings. The van der Waals surface area contributed by atoms with Gasteiger partial charge in [0.2, 0.25) is 5.91 Å². The number of nitrogens with one attached hydrogen (secondary N) is 1. The van der Waals surface area contributed by atoms with Gasteiger partial charge in [0.15, 0.2) is 0 Å². The molecule has 1 N–H and O–H groups in total. The maximum Gasteiger partial charge on any atom is 0.220 e. The summed E-state index contributed by atoms with van der Waals surface area (Å²) in [5.74, 6) is 0.150. The Morgan fingerprint density at radius 2 is 2.00 bits per heavy atom. The standard InChI is InChI=1S/C11H22N2O/c1-5-6-9-12-11(14)8-7-10-13(2,3)4/h5-6H,7-10H2,1-4H3/p+1/b6-5+. The number of allylic oxidation sites excluding steroid dienone is 1. The van der Waals surface area contributed by atoms with Gasteiger partial charge >= 0.3 is 0 Å². The summed E-state index contributed by atoms with van der Waals surface area (Å²) in [5, 5.41) is 2.84. The third-order valence-electron chi connectivity index (χ3n) is 1.89. The second-order valence-electron chi connectivity index (χ2n) is 4.49. The second-order valence-corrected chi connectivity index (χ2v) is 4.49. The van der Waals surface area contributed by atoms with Crippen molar-refractivity contribution >= 4 is 5.91 Å². The van der Waals surface area contributed by atoms with Gasteiger partial charge in [-0.05, 0) is 6.92 Å². The Morgan fingerprint density at radius 1 is 1.36 bits per heavy atom. The quantitative estimate of drug-likeness (QED) is 0.505. The first kappa shape index (κ1) is 13.2. The van der Waals surface area contributed by atoms with E-state index in [1.165, 1.54) is 0 Å². The molecule has 14 heavy (non-hydrogen) atoms. The molecule has 0 atom stereocenters. The molecule has 3 nitrogen and oxygen atoms in total. The lowest BCUT2D eigenvalue weighted by molar-refractivity contribution is -0.870. The monoisotopic (exact) mass is 199 g/mol. The number of hydrogen-bond acceptors (Lipinski definition) is 1. The Hall–Kier alpha value is -0.830. The number of carbonyl (C=O) groups is 1. The highest BCUT2D eigenvalue weighted by Crippen LogP contribution is 1.96. The summed E-state index contributed by atoms with van der Waals surface area (Å²) in [6.07, 6.45) is 5.46. The summed E-state index contributed by atoms with van der Waals surface area (Å²) in [7, 11) is 6.41. The van der Waals surface area contributed by atoms with E-state index in [0.717, 1.165) is 17.4 Å². The topological polar surface area (TPSA) is 29.1 Å². The third kappa shape index (κ3) is 9.26. The fourth-order valence-electron chi connectivity index (χ4n) is 1.09. The van der Waals surface area contributed by atoms with Crippen molar-refractivity contribution in [2.75, 3.05) is 34.2 Å². The Morgan fingerprint density at radius 3 is 2.50 bits per heavy atom. The van der Waals surface area contributed by atoms with Gasteiger partial charge in [-0.2, -0.15) is 0 Å². The second kappa shape index (κ2) is 6.60. The van der Waals surface area contributed by atoms with E-state index in [-0.39, 0.29) is 5.91 Å². The van der Waals surface area contributed by atoms with E-state index < -0.39 is 0 Å². The Labute approximate surface area is 87.4 Å². The minimum absolute atomic E-state index is 0.150. The highest BCUT2D eigenvalue weighted by molar-refractivity contribution is 5.75. The lowest BCUT2D eigenvalue weighted by atomic mass is 10.2. The van der Waals surface area contributed by atoms with Gasteiger partial charge in [0, 0.05) is 19.4 Å². The number of carbonyl (C=O) groups excluding carboxylic acids is 1. The number of nitrogens with zero attached hydrogens (tertiary/aromatic N) is 1. The van der Waals surface area contributed by atoms with Crippen LogP contribution in [0.4, 0.5) is 0 Å². The first-order chi connectivity index (χ1) is 6.45. The van der Waals surface area contributed by atoms with Gasteiger partial charge in [0.25, 0.3) is 0 Å². The maximum atomic E-state index is 11.3. The average Bonchev–Trinajstić information content (AvgIpc) is 2.02. The van der Waals surface area contributed by atoms with Crippen LogP contribution in [-0.2, 0) is 4.79 Å². The predicted molar refractivity (Wildman–Crippen MR) is 60.0 cm³/mol. The molecule has 0 radical (unpaired) electrons. The van der Waals surface area contributed by atoms with Gasteiger partial charge in [-0.1, -0.05) is 12.2 Å². The van der Waals surface area contributed by atoms with Crippen molar-refractivity contribution in [2.45, 2.75) is 19.8 Å². The summed E-state index contributed by atoms with van der Waals surface area (Å²) < 4.78 is 0.919. The van der Waals surface area contributed by atoms with E-state index in [4.69, 9.17) is 0 Å². The minimum atomic E-state index is 0.150. The molecule has 0 aromatic heterocycles. The maximum absolute atomic E-state index is 11.3. The summed E-state index contributed by atoms with van der Waals surface area (Å²) in [6, 6.07) is 0. The molecule has 0 saturated carbocycles. The number of amides is 1. The van der Waals surface area contributed by atoms with Crippen molar-refractivity contribution in [1.82, 2.24) is 5.32 Å². The van der Waals surface area contributed by atoms with Gasteiger partial charge in [-0.3, -0.25) is 4.79 Å². The number of rotatable bonds is 6. The van der Waals surface area contributed by atoms with Crippen molar-refractivity contribution in [3.8, 4) is 0 Å². The zero-order valence-corrected chi connectivity index (χ0v) is 9.84. The number of quaternary nitrogens is 1. The molecule has 0 heterocycles. The predicted octanol–water partition coefficient (Wildman–Crippen LogP) is 1.17. The van der Waals surface area contributed by atoms with E-state index in [9.17, 15) is 4.79 Å². The molecule has 0 aliphatic heterocycles. The van der Waals surface area contributed by atoms with Gasteiger partial charge in [0.05, 0.1) is 27.7 Å².